The number of rotatable bonds is 4. The van der Waals surface area contributed by atoms with Crippen LogP contribution in [0.5, 0.6) is 5.75 Å². The fraction of sp³-hybridized carbons (Fsp3) is 0.364. The molecule has 0 aromatic heterocycles. The van der Waals surface area contributed by atoms with E-state index in [0.717, 1.165) is 5.56 Å². The van der Waals surface area contributed by atoms with Crippen LogP contribution in [0.25, 0.3) is 0 Å². The van der Waals surface area contributed by atoms with Crippen LogP contribution in [-0.4, -0.2) is 31.9 Å². The van der Waals surface area contributed by atoms with Crippen molar-refractivity contribution >= 4 is 5.97 Å². The maximum atomic E-state index is 11.3. The van der Waals surface area contributed by atoms with Gasteiger partial charge >= 0.3 is 5.97 Å². The minimum Gasteiger partial charge on any atom is -0.496 e. The molecular formula is C11H14O4. The van der Waals surface area contributed by atoms with E-state index in [0.29, 0.717) is 17.7 Å². The van der Waals surface area contributed by atoms with Gasteiger partial charge in [-0.2, -0.15) is 0 Å². The summed E-state index contributed by atoms with van der Waals surface area (Å²) in [4.78, 5) is 11.3. The van der Waals surface area contributed by atoms with E-state index in [1.54, 1.807) is 18.2 Å². The molecule has 0 unspecified atom stereocenters. The Morgan fingerprint density at radius 3 is 2.67 bits per heavy atom. The van der Waals surface area contributed by atoms with Crippen LogP contribution >= 0.6 is 0 Å². The van der Waals surface area contributed by atoms with Crippen LogP contribution in [0.4, 0.5) is 0 Å². The molecule has 0 spiro atoms. The Hall–Kier alpha value is -1.55. The number of hydrogen-bond donors (Lipinski definition) is 1. The maximum Gasteiger partial charge on any atom is 0.341 e. The fourth-order valence-electron chi connectivity index (χ4n) is 1.30. The molecule has 0 atom stereocenters. The average Bonchev–Trinajstić information content (AvgIpc) is 2.28. The van der Waals surface area contributed by atoms with Crippen LogP contribution in [0, 0.1) is 0 Å². The smallest absolute Gasteiger partial charge is 0.341 e. The van der Waals surface area contributed by atoms with Crippen molar-refractivity contribution in [2.45, 2.75) is 6.42 Å². The molecule has 4 heteroatoms. The minimum atomic E-state index is -0.428. The molecule has 82 valence electrons. The Kier molecular flexibility index (Phi) is 4.12. The molecule has 4 nitrogen and oxygen atoms in total. The van der Waals surface area contributed by atoms with Gasteiger partial charge in [-0.25, -0.2) is 4.79 Å². The molecule has 1 aromatic rings. The number of aliphatic hydroxyl groups is 1. The summed E-state index contributed by atoms with van der Waals surface area (Å²) in [5, 5.41) is 8.78. The lowest BCUT2D eigenvalue weighted by Crippen LogP contribution is -2.04. The molecule has 0 aliphatic heterocycles. The predicted octanol–water partition coefficient (Wildman–Crippen LogP) is 1.02. The van der Waals surface area contributed by atoms with Crippen molar-refractivity contribution < 1.29 is 19.4 Å². The third-order valence-electron chi connectivity index (χ3n) is 2.07. The first kappa shape index (κ1) is 11.5. The number of hydrogen-bond acceptors (Lipinski definition) is 4. The molecule has 1 rings (SSSR count). The third kappa shape index (κ3) is 2.70. The highest BCUT2D eigenvalue weighted by molar-refractivity contribution is 5.92. The molecule has 0 saturated carbocycles. The molecule has 0 heterocycles. The lowest BCUT2D eigenvalue weighted by Gasteiger charge is -2.08. The number of benzene rings is 1. The summed E-state index contributed by atoms with van der Waals surface area (Å²) in [5.74, 6) is 0.0372. The topological polar surface area (TPSA) is 55.8 Å². The van der Waals surface area contributed by atoms with E-state index >= 15 is 0 Å². The number of carbonyl (C=O) groups is 1. The Morgan fingerprint density at radius 1 is 1.40 bits per heavy atom. The summed E-state index contributed by atoms with van der Waals surface area (Å²) in [6.45, 7) is 0.0702. The number of esters is 1. The molecule has 0 fully saturated rings. The van der Waals surface area contributed by atoms with Crippen molar-refractivity contribution in [1.29, 1.82) is 0 Å². The molecule has 0 aliphatic rings. The average molecular weight is 210 g/mol. The number of ether oxygens (including phenoxy) is 2. The van der Waals surface area contributed by atoms with Gasteiger partial charge in [-0.05, 0) is 24.1 Å². The summed E-state index contributed by atoms with van der Waals surface area (Å²) >= 11 is 0. The van der Waals surface area contributed by atoms with Gasteiger partial charge in [-0.3, -0.25) is 0 Å². The largest absolute Gasteiger partial charge is 0.496 e. The van der Waals surface area contributed by atoms with Crippen LogP contribution in [0.15, 0.2) is 18.2 Å². The molecule has 1 aromatic carbocycles. The van der Waals surface area contributed by atoms with E-state index in [1.165, 1.54) is 14.2 Å². The zero-order valence-corrected chi connectivity index (χ0v) is 8.82. The summed E-state index contributed by atoms with van der Waals surface area (Å²) in [7, 11) is 2.81. The number of aliphatic hydroxyl groups excluding tert-OH is 1. The first-order chi connectivity index (χ1) is 7.22. The Labute approximate surface area is 88.4 Å². The maximum absolute atomic E-state index is 11.3. The SMILES string of the molecule is COC(=O)c1ccc(CCO)cc1OC. The fourth-order valence-corrected chi connectivity index (χ4v) is 1.30. The van der Waals surface area contributed by atoms with Crippen LogP contribution in [-0.2, 0) is 11.2 Å². The van der Waals surface area contributed by atoms with Crippen molar-refractivity contribution in [2.24, 2.45) is 0 Å². The quantitative estimate of drug-likeness (QED) is 0.754. The lowest BCUT2D eigenvalue weighted by molar-refractivity contribution is 0.0597. The second-order valence-electron chi connectivity index (χ2n) is 3.00. The summed E-state index contributed by atoms with van der Waals surface area (Å²) in [5.41, 5.74) is 1.31. The highest BCUT2D eigenvalue weighted by Gasteiger charge is 2.12. The second-order valence-corrected chi connectivity index (χ2v) is 3.00. The summed E-state index contributed by atoms with van der Waals surface area (Å²) < 4.78 is 9.68. The van der Waals surface area contributed by atoms with E-state index in [2.05, 4.69) is 4.74 Å². The molecule has 1 N–H and O–H groups in total. The van der Waals surface area contributed by atoms with Gasteiger partial charge in [-0.1, -0.05) is 6.07 Å². The normalized spacial score (nSPS) is 9.80. The molecular weight excluding hydrogens is 196 g/mol. The highest BCUT2D eigenvalue weighted by Crippen LogP contribution is 2.21. The van der Waals surface area contributed by atoms with Gasteiger partial charge in [0.2, 0.25) is 0 Å². The molecule has 0 bridgehead atoms. The van der Waals surface area contributed by atoms with Gasteiger partial charge in [-0.15, -0.1) is 0 Å². The van der Waals surface area contributed by atoms with Crippen LogP contribution in [0.3, 0.4) is 0 Å². The van der Waals surface area contributed by atoms with Gasteiger partial charge in [0.1, 0.15) is 11.3 Å². The van der Waals surface area contributed by atoms with Crippen LogP contribution < -0.4 is 4.74 Å². The van der Waals surface area contributed by atoms with E-state index in [9.17, 15) is 4.79 Å². The van der Waals surface area contributed by atoms with Crippen molar-refractivity contribution in [2.75, 3.05) is 20.8 Å². The van der Waals surface area contributed by atoms with Crippen molar-refractivity contribution in [1.82, 2.24) is 0 Å². The van der Waals surface area contributed by atoms with Gasteiger partial charge in [0, 0.05) is 6.61 Å². The first-order valence-electron chi connectivity index (χ1n) is 4.59. The number of carbonyl (C=O) groups excluding carboxylic acids is 1. The minimum absolute atomic E-state index is 0.0702. The van der Waals surface area contributed by atoms with Crippen molar-refractivity contribution in [3.05, 3.63) is 29.3 Å². The first-order valence-corrected chi connectivity index (χ1v) is 4.59. The monoisotopic (exact) mass is 210 g/mol. The van der Waals surface area contributed by atoms with Crippen molar-refractivity contribution in [3.63, 3.8) is 0 Å². The zero-order valence-electron chi connectivity index (χ0n) is 8.82. The zero-order chi connectivity index (χ0) is 11.3. The van der Waals surface area contributed by atoms with Crippen molar-refractivity contribution in [3.8, 4) is 5.75 Å². The molecule has 0 aliphatic carbocycles. The Balaban J connectivity index is 3.03. The van der Waals surface area contributed by atoms with E-state index in [-0.39, 0.29) is 6.61 Å². The third-order valence-corrected chi connectivity index (χ3v) is 2.07. The Morgan fingerprint density at radius 2 is 2.13 bits per heavy atom. The highest BCUT2D eigenvalue weighted by atomic mass is 16.5. The number of methoxy groups -OCH3 is 2. The van der Waals surface area contributed by atoms with Crippen LogP contribution in [0.1, 0.15) is 15.9 Å². The molecule has 0 radical (unpaired) electrons. The lowest BCUT2D eigenvalue weighted by atomic mass is 10.1. The van der Waals surface area contributed by atoms with E-state index < -0.39 is 5.97 Å². The van der Waals surface area contributed by atoms with Gasteiger partial charge in [0.25, 0.3) is 0 Å². The summed E-state index contributed by atoms with van der Waals surface area (Å²) in [6.07, 6.45) is 0.539. The standard InChI is InChI=1S/C11H14O4/c1-14-10-7-8(5-6-12)3-4-9(10)11(13)15-2/h3-4,7,12H,5-6H2,1-2H3. The predicted molar refractivity (Wildman–Crippen MR) is 55.1 cm³/mol. The van der Waals surface area contributed by atoms with Crippen LogP contribution in [0.2, 0.25) is 0 Å². The molecule has 0 amide bonds. The van der Waals surface area contributed by atoms with Gasteiger partial charge in [0.15, 0.2) is 0 Å². The van der Waals surface area contributed by atoms with E-state index in [4.69, 9.17) is 9.84 Å². The molecule has 15 heavy (non-hydrogen) atoms. The van der Waals surface area contributed by atoms with E-state index in [1.807, 2.05) is 0 Å². The van der Waals surface area contributed by atoms with Gasteiger partial charge in [0.05, 0.1) is 14.2 Å². The second kappa shape index (κ2) is 5.36. The summed E-state index contributed by atoms with van der Waals surface area (Å²) in [6, 6.07) is 5.13. The Bertz CT molecular complexity index is 346. The van der Waals surface area contributed by atoms with Gasteiger partial charge < -0.3 is 14.6 Å². The molecule has 0 saturated heterocycles.